The van der Waals surface area contributed by atoms with E-state index >= 15 is 0 Å². The lowest BCUT2D eigenvalue weighted by molar-refractivity contribution is -0.356. The minimum absolute atomic E-state index is 0.0307. The lowest BCUT2D eigenvalue weighted by Gasteiger charge is -2.66. The van der Waals surface area contributed by atoms with Crippen LogP contribution >= 0.6 is 0 Å². The molecule has 61 heavy (non-hydrogen) atoms. The van der Waals surface area contributed by atoms with Gasteiger partial charge in [0, 0.05) is 36.9 Å². The molecule has 4 heterocycles. The summed E-state index contributed by atoms with van der Waals surface area (Å²) in [6.45, 7) is 2.71. The summed E-state index contributed by atoms with van der Waals surface area (Å²) in [6.07, 6.45) is -12.3. The predicted octanol–water partition coefficient (Wildman–Crippen LogP) is -2.12. The maximum atomic E-state index is 12.6. The van der Waals surface area contributed by atoms with E-state index in [-0.39, 0.29) is 49.8 Å². The van der Waals surface area contributed by atoms with Crippen LogP contribution in [0.15, 0.2) is 11.6 Å². The van der Waals surface area contributed by atoms with Crippen LogP contribution in [-0.2, 0) is 42.7 Å². The molecule has 10 N–H and O–H groups in total. The Hall–Kier alpha value is -1.47. The lowest BCUT2D eigenvalue weighted by atomic mass is 9.41. The van der Waals surface area contributed by atoms with Crippen molar-refractivity contribution in [3.63, 3.8) is 0 Å². The molecule has 3 saturated heterocycles. The van der Waals surface area contributed by atoms with E-state index in [4.69, 9.17) is 37.9 Å². The first-order valence-corrected chi connectivity index (χ1v) is 22.0. The topological polar surface area (TPSA) is 293 Å². The number of ether oxygens (including phenoxy) is 8. The SMILES string of the molecule is COC1CC(OC2CCC3(CO)C4CCC5(C)C(C6=CC(=O)OC6)CCC5(O)C4CCC3(O)C2)OC(C)C1OC1OC(COC2OC(CO)C(O)C(O)C2O)C(O)C(O)C1O. The van der Waals surface area contributed by atoms with Gasteiger partial charge in [-0.15, -0.1) is 0 Å². The molecule has 0 aromatic heterocycles. The molecule has 19 heteroatoms. The van der Waals surface area contributed by atoms with Gasteiger partial charge in [-0.1, -0.05) is 6.92 Å². The van der Waals surface area contributed by atoms with Gasteiger partial charge in [0.25, 0.3) is 0 Å². The van der Waals surface area contributed by atoms with Crippen molar-refractivity contribution in [2.75, 3.05) is 33.5 Å². The number of methoxy groups -OCH3 is 1. The highest BCUT2D eigenvalue weighted by Crippen LogP contribution is 2.70. The second kappa shape index (κ2) is 17.4. The number of cyclic esters (lactones) is 1. The zero-order chi connectivity index (χ0) is 43.8. The first kappa shape index (κ1) is 46.1. The quantitative estimate of drug-likeness (QED) is 0.0784. The highest BCUT2D eigenvalue weighted by Gasteiger charge is 2.71. The molecular weight excluding hydrogens is 808 g/mol. The molecule has 22 unspecified atom stereocenters. The third kappa shape index (κ3) is 7.63. The number of esters is 1. The van der Waals surface area contributed by atoms with Crippen LogP contribution in [0.1, 0.15) is 78.1 Å². The molecular formula is C42H66O19. The van der Waals surface area contributed by atoms with Crippen LogP contribution in [0.3, 0.4) is 0 Å². The van der Waals surface area contributed by atoms with Crippen molar-refractivity contribution in [3.8, 4) is 0 Å². The van der Waals surface area contributed by atoms with Gasteiger partial charge in [-0.05, 0) is 81.6 Å². The number of rotatable bonds is 11. The van der Waals surface area contributed by atoms with E-state index in [1.54, 1.807) is 13.0 Å². The number of carbonyl (C=O) groups excluding carboxylic acids is 1. The van der Waals surface area contributed by atoms with E-state index in [1.165, 1.54) is 7.11 Å². The number of aliphatic hydroxyl groups excluding tert-OH is 8. The average Bonchev–Trinajstić information content (AvgIpc) is 3.79. The Morgan fingerprint density at radius 1 is 0.787 bits per heavy atom. The summed E-state index contributed by atoms with van der Waals surface area (Å²) in [7, 11) is 1.48. The summed E-state index contributed by atoms with van der Waals surface area (Å²) in [5.74, 6) is -0.538. The van der Waals surface area contributed by atoms with Crippen molar-refractivity contribution in [3.05, 3.63) is 11.6 Å². The van der Waals surface area contributed by atoms with E-state index in [1.807, 2.05) is 0 Å². The smallest absolute Gasteiger partial charge is 0.331 e. The van der Waals surface area contributed by atoms with E-state index in [2.05, 4.69) is 6.92 Å². The lowest BCUT2D eigenvalue weighted by Crippen LogP contribution is -2.69. The molecule has 0 aromatic carbocycles. The van der Waals surface area contributed by atoms with Crippen molar-refractivity contribution in [2.24, 2.45) is 28.6 Å². The fraction of sp³-hybridized carbons (Fsp3) is 0.929. The fourth-order valence-electron chi connectivity index (χ4n) is 13.1. The molecule has 4 saturated carbocycles. The maximum Gasteiger partial charge on any atom is 0.331 e. The first-order chi connectivity index (χ1) is 28.9. The molecule has 0 bridgehead atoms. The standard InChI is InChI=1S/C42H66O19/c1-19-36(61-38-35(51)33(49)31(47)27(60-38)17-56-37-34(50)32(48)30(46)26(15-43)59-37)25(54-3)13-29(57-19)58-21-4-9-40(18-44)23-5-8-39(2)22(20-12-28(45)55-16-20)7-11-42(39,53)24(23)6-10-41(40,52)14-21/h12,19,21-27,29-38,43-44,46-53H,4-11,13-18H2,1-3H3. The Kier molecular flexibility index (Phi) is 13.1. The number of fused-ring (bicyclic) bond motifs is 5. The van der Waals surface area contributed by atoms with Crippen LogP contribution < -0.4 is 0 Å². The van der Waals surface area contributed by atoms with Crippen LogP contribution in [0.5, 0.6) is 0 Å². The van der Waals surface area contributed by atoms with Gasteiger partial charge in [-0.3, -0.25) is 0 Å². The summed E-state index contributed by atoms with van der Waals surface area (Å²) in [4.78, 5) is 12.0. The predicted molar refractivity (Wildman–Crippen MR) is 204 cm³/mol. The van der Waals surface area contributed by atoms with Gasteiger partial charge in [0.05, 0.1) is 49.3 Å². The Morgan fingerprint density at radius 3 is 2.15 bits per heavy atom. The summed E-state index contributed by atoms with van der Waals surface area (Å²) >= 11 is 0. The van der Waals surface area contributed by atoms with Crippen molar-refractivity contribution >= 4 is 5.97 Å². The highest BCUT2D eigenvalue weighted by molar-refractivity contribution is 5.85. The molecule has 8 aliphatic rings. The van der Waals surface area contributed by atoms with Gasteiger partial charge in [0.15, 0.2) is 18.9 Å². The van der Waals surface area contributed by atoms with Crippen LogP contribution in [0.4, 0.5) is 0 Å². The third-order valence-electron chi connectivity index (χ3n) is 16.5. The molecule has 348 valence electrons. The van der Waals surface area contributed by atoms with E-state index in [9.17, 15) is 55.9 Å². The molecule has 7 fully saturated rings. The first-order valence-electron chi connectivity index (χ1n) is 22.0. The average molecular weight is 875 g/mol. The van der Waals surface area contributed by atoms with Crippen molar-refractivity contribution in [1.82, 2.24) is 0 Å². The summed E-state index contributed by atoms with van der Waals surface area (Å²) < 4.78 is 46.8. The minimum atomic E-state index is -1.75. The van der Waals surface area contributed by atoms with Gasteiger partial charge >= 0.3 is 5.97 Å². The maximum absolute atomic E-state index is 12.6. The molecule has 0 spiro atoms. The second-order valence-electron chi connectivity index (χ2n) is 19.3. The van der Waals surface area contributed by atoms with Gasteiger partial charge < -0.3 is 89.0 Å². The largest absolute Gasteiger partial charge is 0.458 e. The Bertz CT molecular complexity index is 1600. The number of hydrogen-bond acceptors (Lipinski definition) is 19. The van der Waals surface area contributed by atoms with E-state index < -0.39 is 127 Å². The number of hydrogen-bond donors (Lipinski definition) is 10. The molecule has 19 nitrogen and oxygen atoms in total. The van der Waals surface area contributed by atoms with Gasteiger partial charge in [0.2, 0.25) is 0 Å². The monoisotopic (exact) mass is 874 g/mol. The molecule has 0 radical (unpaired) electrons. The van der Waals surface area contributed by atoms with Gasteiger partial charge in [-0.25, -0.2) is 4.79 Å². The van der Waals surface area contributed by atoms with Crippen molar-refractivity contribution < 1.29 is 93.8 Å². The van der Waals surface area contributed by atoms with E-state index in [0.717, 1.165) is 18.4 Å². The van der Waals surface area contributed by atoms with Crippen LogP contribution in [0, 0.1) is 28.6 Å². The number of aliphatic hydroxyl groups is 10. The van der Waals surface area contributed by atoms with E-state index in [0.29, 0.717) is 38.5 Å². The molecule has 0 amide bonds. The normalized spacial score (nSPS) is 53.7. The zero-order valence-corrected chi connectivity index (χ0v) is 35.0. The number of carbonyl (C=O) groups is 1. The van der Waals surface area contributed by atoms with Crippen LogP contribution in [-0.4, -0.2) is 194 Å². The van der Waals surface area contributed by atoms with Crippen LogP contribution in [0.2, 0.25) is 0 Å². The molecule has 22 atom stereocenters. The highest BCUT2D eigenvalue weighted by atomic mass is 16.8. The zero-order valence-electron chi connectivity index (χ0n) is 35.0. The summed E-state index contributed by atoms with van der Waals surface area (Å²) in [5, 5.41) is 109. The van der Waals surface area contributed by atoms with Crippen molar-refractivity contribution in [1.29, 1.82) is 0 Å². The molecule has 4 aliphatic carbocycles. The van der Waals surface area contributed by atoms with Gasteiger partial charge in [-0.2, -0.15) is 0 Å². The second-order valence-corrected chi connectivity index (χ2v) is 19.3. The Balaban J connectivity index is 0.885. The third-order valence-corrected chi connectivity index (χ3v) is 16.5. The summed E-state index contributed by atoms with van der Waals surface area (Å²) in [5.41, 5.74) is -2.60. The Labute approximate surface area is 354 Å². The molecule has 8 rings (SSSR count). The summed E-state index contributed by atoms with van der Waals surface area (Å²) in [6, 6.07) is 0. The van der Waals surface area contributed by atoms with Crippen LogP contribution in [0.25, 0.3) is 0 Å². The Morgan fingerprint density at radius 2 is 1.48 bits per heavy atom. The fourth-order valence-corrected chi connectivity index (χ4v) is 13.1. The molecule has 0 aromatic rings. The minimum Gasteiger partial charge on any atom is -0.458 e. The van der Waals surface area contributed by atoms with Gasteiger partial charge in [0.1, 0.15) is 61.5 Å². The molecule has 4 aliphatic heterocycles. The van der Waals surface area contributed by atoms with Crippen molar-refractivity contribution in [2.45, 2.75) is 181 Å².